The van der Waals surface area contributed by atoms with Crippen molar-refractivity contribution in [2.75, 3.05) is 23.0 Å². The SMILES string of the molecule is Cc1ccc(OCCCI)c(C2Sc3ccccc3N(C)C2=O)c1. The molecule has 0 fully saturated rings. The summed E-state index contributed by atoms with van der Waals surface area (Å²) >= 11 is 3.96. The standard InChI is InChI=1S/C19H20INO2S/c1-13-8-9-16(23-11-5-10-20)14(12-13)18-19(22)21(2)15-6-3-4-7-17(15)24-18/h3-4,6-9,12,18H,5,10-11H2,1-2H3. The molecule has 1 amide bonds. The Morgan fingerprint density at radius 3 is 2.83 bits per heavy atom. The number of thioether (sulfide) groups is 1. The van der Waals surface area contributed by atoms with Gasteiger partial charge in [-0.15, -0.1) is 11.8 Å². The summed E-state index contributed by atoms with van der Waals surface area (Å²) in [4.78, 5) is 15.8. The Bertz CT molecular complexity index is 750. The van der Waals surface area contributed by atoms with E-state index in [1.165, 1.54) is 0 Å². The summed E-state index contributed by atoms with van der Waals surface area (Å²) in [7, 11) is 1.85. The van der Waals surface area contributed by atoms with E-state index in [1.54, 1.807) is 16.7 Å². The predicted molar refractivity (Wildman–Crippen MR) is 109 cm³/mol. The van der Waals surface area contributed by atoms with E-state index in [9.17, 15) is 4.79 Å². The number of fused-ring (bicyclic) bond motifs is 1. The van der Waals surface area contributed by atoms with Gasteiger partial charge in [0.15, 0.2) is 0 Å². The fourth-order valence-corrected chi connectivity index (χ4v) is 4.36. The molecular formula is C19H20INO2S. The Morgan fingerprint density at radius 1 is 1.25 bits per heavy atom. The van der Waals surface area contributed by atoms with E-state index < -0.39 is 0 Å². The molecule has 0 spiro atoms. The molecule has 0 saturated heterocycles. The number of alkyl halides is 1. The van der Waals surface area contributed by atoms with Gasteiger partial charge in [-0.3, -0.25) is 4.79 Å². The zero-order valence-electron chi connectivity index (χ0n) is 13.8. The Labute approximate surface area is 160 Å². The van der Waals surface area contributed by atoms with Crippen LogP contribution in [0, 0.1) is 6.92 Å². The fourth-order valence-electron chi connectivity index (χ4n) is 2.74. The number of benzene rings is 2. The number of likely N-dealkylation sites (N-methyl/N-ethyl adjacent to an activating group) is 1. The summed E-state index contributed by atoms with van der Waals surface area (Å²) in [5.74, 6) is 0.923. The lowest BCUT2D eigenvalue weighted by molar-refractivity contribution is -0.118. The van der Waals surface area contributed by atoms with Crippen LogP contribution >= 0.6 is 34.4 Å². The van der Waals surface area contributed by atoms with Gasteiger partial charge >= 0.3 is 0 Å². The van der Waals surface area contributed by atoms with Crippen LogP contribution in [0.1, 0.15) is 22.8 Å². The summed E-state index contributed by atoms with van der Waals surface area (Å²) in [5.41, 5.74) is 3.09. The fraction of sp³-hybridized carbons (Fsp3) is 0.316. The molecule has 1 heterocycles. The second-order valence-electron chi connectivity index (χ2n) is 5.80. The van der Waals surface area contributed by atoms with Gasteiger partial charge in [0.1, 0.15) is 11.0 Å². The number of para-hydroxylation sites is 1. The molecule has 0 bridgehead atoms. The number of ether oxygens (including phenoxy) is 1. The average molecular weight is 453 g/mol. The summed E-state index contributed by atoms with van der Waals surface area (Å²) in [5, 5.41) is -0.264. The number of nitrogens with zero attached hydrogens (tertiary/aromatic N) is 1. The molecule has 24 heavy (non-hydrogen) atoms. The van der Waals surface area contributed by atoms with E-state index in [2.05, 4.69) is 34.7 Å². The molecule has 3 rings (SSSR count). The number of anilines is 1. The van der Waals surface area contributed by atoms with Gasteiger partial charge in [-0.25, -0.2) is 0 Å². The molecule has 0 aliphatic carbocycles. The van der Waals surface area contributed by atoms with Crippen molar-refractivity contribution in [3.05, 3.63) is 53.6 Å². The van der Waals surface area contributed by atoms with Crippen molar-refractivity contribution in [3.63, 3.8) is 0 Å². The minimum Gasteiger partial charge on any atom is -0.493 e. The zero-order valence-corrected chi connectivity index (χ0v) is 16.8. The number of amides is 1. The molecule has 126 valence electrons. The first-order valence-corrected chi connectivity index (χ1v) is 10.3. The minimum atomic E-state index is -0.264. The molecule has 0 N–H and O–H groups in total. The highest BCUT2D eigenvalue weighted by Crippen LogP contribution is 2.48. The molecule has 0 radical (unpaired) electrons. The van der Waals surface area contributed by atoms with E-state index in [0.29, 0.717) is 6.61 Å². The maximum absolute atomic E-state index is 12.9. The van der Waals surface area contributed by atoms with Crippen LogP contribution < -0.4 is 9.64 Å². The first-order chi connectivity index (χ1) is 11.6. The van der Waals surface area contributed by atoms with Crippen molar-refractivity contribution in [3.8, 4) is 5.75 Å². The first-order valence-electron chi connectivity index (χ1n) is 7.94. The Morgan fingerprint density at radius 2 is 2.04 bits per heavy atom. The van der Waals surface area contributed by atoms with Crippen molar-refractivity contribution in [1.29, 1.82) is 0 Å². The molecule has 0 aromatic heterocycles. The van der Waals surface area contributed by atoms with Crippen molar-refractivity contribution in [1.82, 2.24) is 0 Å². The quantitative estimate of drug-likeness (QED) is 0.362. The summed E-state index contributed by atoms with van der Waals surface area (Å²) < 4.78 is 7.03. The second kappa shape index (κ2) is 7.78. The molecule has 1 aliphatic heterocycles. The molecule has 1 unspecified atom stereocenters. The normalized spacial score (nSPS) is 16.9. The lowest BCUT2D eigenvalue weighted by Crippen LogP contribution is -2.33. The Kier molecular flexibility index (Phi) is 5.71. The van der Waals surface area contributed by atoms with Crippen LogP contribution in [0.5, 0.6) is 5.75 Å². The van der Waals surface area contributed by atoms with Crippen LogP contribution in [0.15, 0.2) is 47.4 Å². The van der Waals surface area contributed by atoms with Gasteiger partial charge in [0, 0.05) is 21.9 Å². The van der Waals surface area contributed by atoms with E-state index in [1.807, 2.05) is 44.3 Å². The van der Waals surface area contributed by atoms with E-state index in [0.717, 1.165) is 38.3 Å². The van der Waals surface area contributed by atoms with Gasteiger partial charge in [0.2, 0.25) is 5.91 Å². The highest BCUT2D eigenvalue weighted by atomic mass is 127. The number of halogens is 1. The van der Waals surface area contributed by atoms with Crippen molar-refractivity contribution >= 4 is 45.9 Å². The minimum absolute atomic E-state index is 0.100. The predicted octanol–water partition coefficient (Wildman–Crippen LogP) is 5.01. The maximum atomic E-state index is 12.9. The van der Waals surface area contributed by atoms with E-state index >= 15 is 0 Å². The topological polar surface area (TPSA) is 29.5 Å². The third-order valence-electron chi connectivity index (χ3n) is 4.01. The lowest BCUT2D eigenvalue weighted by Gasteiger charge is -2.32. The number of rotatable bonds is 5. The highest BCUT2D eigenvalue weighted by Gasteiger charge is 2.34. The van der Waals surface area contributed by atoms with E-state index in [4.69, 9.17) is 4.74 Å². The van der Waals surface area contributed by atoms with Crippen molar-refractivity contribution in [2.45, 2.75) is 23.5 Å². The largest absolute Gasteiger partial charge is 0.493 e. The maximum Gasteiger partial charge on any atom is 0.244 e. The summed E-state index contributed by atoms with van der Waals surface area (Å²) in [6.07, 6.45) is 1.00. The number of aryl methyl sites for hydroxylation is 1. The van der Waals surface area contributed by atoms with Gasteiger partial charge < -0.3 is 9.64 Å². The number of hydrogen-bond acceptors (Lipinski definition) is 3. The second-order valence-corrected chi connectivity index (χ2v) is 8.02. The molecule has 1 aliphatic rings. The van der Waals surface area contributed by atoms with Gasteiger partial charge in [-0.05, 0) is 31.5 Å². The Balaban J connectivity index is 1.96. The monoisotopic (exact) mass is 453 g/mol. The third-order valence-corrected chi connectivity index (χ3v) is 6.06. The highest BCUT2D eigenvalue weighted by molar-refractivity contribution is 14.1. The van der Waals surface area contributed by atoms with Gasteiger partial charge in [-0.1, -0.05) is 52.4 Å². The van der Waals surface area contributed by atoms with E-state index in [-0.39, 0.29) is 11.2 Å². The lowest BCUT2D eigenvalue weighted by atomic mass is 10.1. The molecule has 1 atom stereocenters. The average Bonchev–Trinajstić information content (AvgIpc) is 2.59. The molecule has 3 nitrogen and oxygen atoms in total. The van der Waals surface area contributed by atoms with Gasteiger partial charge in [0.25, 0.3) is 0 Å². The summed E-state index contributed by atoms with van der Waals surface area (Å²) in [6, 6.07) is 14.2. The molecule has 2 aromatic carbocycles. The van der Waals surface area contributed by atoms with Crippen molar-refractivity contribution in [2.24, 2.45) is 0 Å². The number of hydrogen-bond donors (Lipinski definition) is 0. The smallest absolute Gasteiger partial charge is 0.244 e. The summed E-state index contributed by atoms with van der Waals surface area (Å²) in [6.45, 7) is 2.73. The van der Waals surface area contributed by atoms with Gasteiger partial charge in [0.05, 0.1) is 12.3 Å². The van der Waals surface area contributed by atoms with Crippen LogP contribution in [-0.2, 0) is 4.79 Å². The number of carbonyl (C=O) groups excluding carboxylic acids is 1. The van der Waals surface area contributed by atoms with Crippen molar-refractivity contribution < 1.29 is 9.53 Å². The zero-order chi connectivity index (χ0) is 17.1. The Hall–Kier alpha value is -1.21. The van der Waals surface area contributed by atoms with Gasteiger partial charge in [-0.2, -0.15) is 0 Å². The molecule has 5 heteroatoms. The molecular weight excluding hydrogens is 433 g/mol. The van der Waals surface area contributed by atoms with Crippen LogP contribution in [0.25, 0.3) is 0 Å². The molecule has 0 saturated carbocycles. The van der Waals surface area contributed by atoms with Crippen LogP contribution in [0.4, 0.5) is 5.69 Å². The third kappa shape index (κ3) is 3.57. The number of carbonyl (C=O) groups is 1. The van der Waals surface area contributed by atoms with Crippen LogP contribution in [0.3, 0.4) is 0 Å². The van der Waals surface area contributed by atoms with Crippen LogP contribution in [0.2, 0.25) is 0 Å². The molecule has 2 aromatic rings. The van der Waals surface area contributed by atoms with Crippen LogP contribution in [-0.4, -0.2) is 24.0 Å². The first kappa shape index (κ1) is 17.6.